The molecule has 1 heterocycles. The molecule has 0 aliphatic heterocycles. The Morgan fingerprint density at radius 1 is 1.35 bits per heavy atom. The van der Waals surface area contributed by atoms with Gasteiger partial charge in [0, 0.05) is 0 Å². The highest BCUT2D eigenvalue weighted by Crippen LogP contribution is 2.31. The van der Waals surface area contributed by atoms with E-state index in [-0.39, 0.29) is 17.8 Å². The maximum Gasteiger partial charge on any atom is 0.328 e. The molecule has 23 heavy (non-hydrogen) atoms. The summed E-state index contributed by atoms with van der Waals surface area (Å²) in [6.45, 7) is 6.20. The Hall–Kier alpha value is -1.85. The van der Waals surface area contributed by atoms with Gasteiger partial charge in [-0.3, -0.25) is 4.79 Å². The van der Waals surface area contributed by atoms with Crippen molar-refractivity contribution in [2.24, 2.45) is 11.8 Å². The number of carbonyl (C=O) groups excluding carboxylic acids is 2. The molecule has 0 radical (unpaired) electrons. The minimum Gasteiger partial charge on any atom is -0.464 e. The number of hydrogen-bond donors (Lipinski definition) is 1. The van der Waals surface area contributed by atoms with Crippen LogP contribution in [0.3, 0.4) is 0 Å². The van der Waals surface area contributed by atoms with Crippen LogP contribution in [0.25, 0.3) is 0 Å². The molecule has 1 aromatic rings. The van der Waals surface area contributed by atoms with Crippen LogP contribution in [0.4, 0.5) is 0 Å². The summed E-state index contributed by atoms with van der Waals surface area (Å²) in [6.07, 6.45) is 5.93. The SMILES string of the molecule is CCOC(=O)[C@@H](NC(=O)c1conc1CC)[C@H]1CC[C@H](C)CC1. The number of carbonyl (C=O) groups is 2. The Morgan fingerprint density at radius 2 is 2.04 bits per heavy atom. The summed E-state index contributed by atoms with van der Waals surface area (Å²) in [5.74, 6) is 0.128. The van der Waals surface area contributed by atoms with E-state index in [4.69, 9.17) is 9.26 Å². The predicted molar refractivity (Wildman–Crippen MR) is 84.9 cm³/mol. The van der Waals surface area contributed by atoms with Gasteiger partial charge < -0.3 is 14.6 Å². The third-order valence-electron chi connectivity index (χ3n) is 4.58. The Balaban J connectivity index is 2.10. The van der Waals surface area contributed by atoms with Crippen molar-refractivity contribution in [3.63, 3.8) is 0 Å². The molecule has 1 aromatic heterocycles. The molecule has 0 unspecified atom stereocenters. The molecule has 1 aliphatic rings. The molecule has 1 atom stereocenters. The van der Waals surface area contributed by atoms with Crippen molar-refractivity contribution in [1.29, 1.82) is 0 Å². The number of nitrogens with zero attached hydrogens (tertiary/aromatic N) is 1. The van der Waals surface area contributed by atoms with E-state index in [2.05, 4.69) is 17.4 Å². The van der Waals surface area contributed by atoms with Gasteiger partial charge in [-0.2, -0.15) is 0 Å². The van der Waals surface area contributed by atoms with Crippen LogP contribution in [0.5, 0.6) is 0 Å². The molecule has 1 aliphatic carbocycles. The van der Waals surface area contributed by atoms with E-state index >= 15 is 0 Å². The Labute approximate surface area is 136 Å². The third-order valence-corrected chi connectivity index (χ3v) is 4.58. The summed E-state index contributed by atoms with van der Waals surface area (Å²) >= 11 is 0. The summed E-state index contributed by atoms with van der Waals surface area (Å²) in [5, 5.41) is 6.66. The molecule has 2 rings (SSSR count). The second kappa shape index (κ2) is 8.13. The minimum atomic E-state index is -0.602. The maximum absolute atomic E-state index is 12.5. The zero-order valence-corrected chi connectivity index (χ0v) is 14.1. The molecule has 0 spiro atoms. The number of aromatic nitrogens is 1. The predicted octanol–water partition coefficient (Wildman–Crippen LogP) is 2.72. The van der Waals surface area contributed by atoms with E-state index in [0.29, 0.717) is 30.2 Å². The normalized spacial score (nSPS) is 22.4. The van der Waals surface area contributed by atoms with Crippen LogP contribution in [0, 0.1) is 11.8 Å². The molecule has 0 bridgehead atoms. The fourth-order valence-corrected chi connectivity index (χ4v) is 3.14. The van der Waals surface area contributed by atoms with Gasteiger partial charge in [-0.05, 0) is 38.0 Å². The lowest BCUT2D eigenvalue weighted by atomic mass is 9.79. The van der Waals surface area contributed by atoms with Crippen molar-refractivity contribution >= 4 is 11.9 Å². The zero-order valence-electron chi connectivity index (χ0n) is 14.1. The van der Waals surface area contributed by atoms with Crippen molar-refractivity contribution < 1.29 is 18.8 Å². The van der Waals surface area contributed by atoms with Gasteiger partial charge in [-0.15, -0.1) is 0 Å². The standard InChI is InChI=1S/C17H26N2O4/c1-4-14-13(10-23-19-14)16(20)18-15(17(21)22-5-2)12-8-6-11(3)7-9-12/h10-12,15H,4-9H2,1-3H3,(H,18,20)/t11-,12-,15-/m0/s1. The number of rotatable bonds is 6. The molecular weight excluding hydrogens is 296 g/mol. The highest BCUT2D eigenvalue weighted by molar-refractivity contribution is 5.97. The van der Waals surface area contributed by atoms with Gasteiger partial charge in [0.25, 0.3) is 5.91 Å². The number of ether oxygens (including phenoxy) is 1. The molecule has 0 aromatic carbocycles. The van der Waals surface area contributed by atoms with E-state index in [1.165, 1.54) is 6.26 Å². The largest absolute Gasteiger partial charge is 0.464 e. The van der Waals surface area contributed by atoms with Crippen LogP contribution in [0.15, 0.2) is 10.8 Å². The van der Waals surface area contributed by atoms with Gasteiger partial charge in [0.15, 0.2) is 0 Å². The number of hydrogen-bond acceptors (Lipinski definition) is 5. The molecule has 1 N–H and O–H groups in total. The topological polar surface area (TPSA) is 81.4 Å². The quantitative estimate of drug-likeness (QED) is 0.814. The summed E-state index contributed by atoms with van der Waals surface area (Å²) in [6, 6.07) is -0.602. The first kappa shape index (κ1) is 17.5. The van der Waals surface area contributed by atoms with E-state index in [0.717, 1.165) is 25.7 Å². The van der Waals surface area contributed by atoms with Gasteiger partial charge in [-0.1, -0.05) is 31.8 Å². The summed E-state index contributed by atoms with van der Waals surface area (Å²) < 4.78 is 10.0. The van der Waals surface area contributed by atoms with Crippen molar-refractivity contribution in [2.75, 3.05) is 6.61 Å². The molecular formula is C17H26N2O4. The highest BCUT2D eigenvalue weighted by atomic mass is 16.5. The lowest BCUT2D eigenvalue weighted by Crippen LogP contribution is -2.47. The van der Waals surface area contributed by atoms with Crippen LogP contribution in [-0.4, -0.2) is 29.7 Å². The fourth-order valence-electron chi connectivity index (χ4n) is 3.14. The van der Waals surface area contributed by atoms with Crippen molar-refractivity contribution in [2.45, 2.75) is 58.9 Å². The first-order valence-electron chi connectivity index (χ1n) is 8.47. The van der Waals surface area contributed by atoms with Crippen molar-refractivity contribution in [3.8, 4) is 0 Å². The lowest BCUT2D eigenvalue weighted by molar-refractivity contribution is -0.147. The van der Waals surface area contributed by atoms with Gasteiger partial charge in [0.1, 0.15) is 17.9 Å². The monoisotopic (exact) mass is 322 g/mol. The summed E-state index contributed by atoms with van der Waals surface area (Å²) in [7, 11) is 0. The van der Waals surface area contributed by atoms with Crippen LogP contribution in [0.1, 0.15) is 62.5 Å². The molecule has 6 nitrogen and oxygen atoms in total. The summed E-state index contributed by atoms with van der Waals surface area (Å²) in [4.78, 5) is 24.8. The molecule has 1 fully saturated rings. The maximum atomic E-state index is 12.5. The number of aryl methyl sites for hydroxylation is 1. The smallest absolute Gasteiger partial charge is 0.328 e. The second-order valence-corrected chi connectivity index (χ2v) is 6.25. The third kappa shape index (κ3) is 4.33. The van der Waals surface area contributed by atoms with E-state index < -0.39 is 6.04 Å². The molecule has 0 saturated heterocycles. The van der Waals surface area contributed by atoms with Gasteiger partial charge in [-0.25, -0.2) is 4.79 Å². The van der Waals surface area contributed by atoms with Crippen molar-refractivity contribution in [1.82, 2.24) is 10.5 Å². The van der Waals surface area contributed by atoms with Crippen LogP contribution in [-0.2, 0) is 16.0 Å². The zero-order chi connectivity index (χ0) is 16.8. The van der Waals surface area contributed by atoms with Gasteiger partial charge in [0.2, 0.25) is 0 Å². The van der Waals surface area contributed by atoms with Gasteiger partial charge >= 0.3 is 5.97 Å². The van der Waals surface area contributed by atoms with E-state index in [1.54, 1.807) is 6.92 Å². The second-order valence-electron chi connectivity index (χ2n) is 6.25. The van der Waals surface area contributed by atoms with Crippen LogP contribution >= 0.6 is 0 Å². The van der Waals surface area contributed by atoms with Gasteiger partial charge in [0.05, 0.1) is 12.3 Å². The average molecular weight is 322 g/mol. The van der Waals surface area contributed by atoms with Crippen LogP contribution < -0.4 is 5.32 Å². The molecule has 128 valence electrons. The first-order chi connectivity index (χ1) is 11.1. The number of esters is 1. The Kier molecular flexibility index (Phi) is 6.19. The van der Waals surface area contributed by atoms with Crippen LogP contribution in [0.2, 0.25) is 0 Å². The lowest BCUT2D eigenvalue weighted by Gasteiger charge is -2.31. The molecule has 1 saturated carbocycles. The molecule has 1 amide bonds. The first-order valence-corrected chi connectivity index (χ1v) is 8.47. The minimum absolute atomic E-state index is 0.124. The van der Waals surface area contributed by atoms with Crippen molar-refractivity contribution in [3.05, 3.63) is 17.5 Å². The number of amides is 1. The highest BCUT2D eigenvalue weighted by Gasteiger charge is 2.34. The fraction of sp³-hybridized carbons (Fsp3) is 0.706. The summed E-state index contributed by atoms with van der Waals surface area (Å²) in [5.41, 5.74) is 0.994. The average Bonchev–Trinajstić information content (AvgIpc) is 3.02. The Bertz CT molecular complexity index is 532. The van der Waals surface area contributed by atoms with E-state index in [1.807, 2.05) is 6.92 Å². The van der Waals surface area contributed by atoms with E-state index in [9.17, 15) is 9.59 Å². The molecule has 6 heteroatoms. The number of nitrogens with one attached hydrogen (secondary N) is 1. The Morgan fingerprint density at radius 3 is 2.65 bits per heavy atom.